The highest BCUT2D eigenvalue weighted by Crippen LogP contribution is 2.20. The Morgan fingerprint density at radius 1 is 1.28 bits per heavy atom. The summed E-state index contributed by atoms with van der Waals surface area (Å²) < 4.78 is 5.33. The summed E-state index contributed by atoms with van der Waals surface area (Å²) in [5, 5.41) is 4.10. The summed E-state index contributed by atoms with van der Waals surface area (Å²) >= 11 is 0. The van der Waals surface area contributed by atoms with E-state index in [9.17, 15) is 0 Å². The zero-order valence-electron chi connectivity index (χ0n) is 10.9. The van der Waals surface area contributed by atoms with Crippen molar-refractivity contribution >= 4 is 0 Å². The molecule has 4 nitrogen and oxygen atoms in total. The number of benzene rings is 1. The van der Waals surface area contributed by atoms with E-state index in [0.29, 0.717) is 6.54 Å². The third-order valence-corrected chi connectivity index (χ3v) is 2.84. The average Bonchev–Trinajstić information content (AvgIpc) is 2.78. The van der Waals surface area contributed by atoms with Crippen molar-refractivity contribution in [2.24, 2.45) is 5.73 Å². The van der Waals surface area contributed by atoms with Gasteiger partial charge in [-0.25, -0.2) is 0 Å². The van der Waals surface area contributed by atoms with Gasteiger partial charge in [-0.2, -0.15) is 0 Å². The molecule has 0 spiro atoms. The Labute approximate surface area is 107 Å². The molecular formula is C14H19N3O. The van der Waals surface area contributed by atoms with Crippen molar-refractivity contribution < 1.29 is 4.52 Å². The molecule has 0 amide bonds. The number of likely N-dealkylation sites (N-methyl/N-ethyl adjacent to an activating group) is 1. The maximum absolute atomic E-state index is 5.51. The maximum Gasteiger partial charge on any atom is 0.151 e. The molecule has 0 fully saturated rings. The topological polar surface area (TPSA) is 55.3 Å². The number of aryl methyl sites for hydroxylation is 1. The van der Waals surface area contributed by atoms with E-state index in [4.69, 9.17) is 10.3 Å². The van der Waals surface area contributed by atoms with Crippen molar-refractivity contribution in [2.45, 2.75) is 13.5 Å². The largest absolute Gasteiger partial charge is 0.359 e. The van der Waals surface area contributed by atoms with Crippen molar-refractivity contribution in [3.05, 3.63) is 41.7 Å². The van der Waals surface area contributed by atoms with Crippen molar-refractivity contribution in [2.75, 3.05) is 20.1 Å². The molecule has 0 aliphatic heterocycles. The van der Waals surface area contributed by atoms with Crippen LogP contribution in [0.5, 0.6) is 0 Å². The Morgan fingerprint density at radius 2 is 2.00 bits per heavy atom. The molecule has 0 aliphatic carbocycles. The summed E-state index contributed by atoms with van der Waals surface area (Å²) in [6, 6.07) is 10.2. The lowest BCUT2D eigenvalue weighted by Crippen LogP contribution is -2.24. The molecule has 0 saturated carbocycles. The van der Waals surface area contributed by atoms with E-state index >= 15 is 0 Å². The van der Waals surface area contributed by atoms with Crippen molar-refractivity contribution in [1.82, 2.24) is 10.1 Å². The summed E-state index contributed by atoms with van der Waals surface area (Å²) in [7, 11) is 2.01. The molecule has 4 heteroatoms. The minimum Gasteiger partial charge on any atom is -0.359 e. The Morgan fingerprint density at radius 3 is 2.67 bits per heavy atom. The first kappa shape index (κ1) is 12.8. The van der Waals surface area contributed by atoms with Gasteiger partial charge in [0.2, 0.25) is 0 Å². The Balaban J connectivity index is 2.08. The number of nitrogens with two attached hydrogens (primary N) is 1. The fourth-order valence-electron chi connectivity index (χ4n) is 1.81. The van der Waals surface area contributed by atoms with E-state index in [-0.39, 0.29) is 0 Å². The van der Waals surface area contributed by atoms with Gasteiger partial charge in [0, 0.05) is 24.7 Å². The normalized spacial score (nSPS) is 11.1. The number of hydrogen-bond acceptors (Lipinski definition) is 4. The van der Waals surface area contributed by atoms with E-state index in [1.165, 1.54) is 5.56 Å². The SMILES string of the molecule is Cc1ccc(-c2cc(CN(C)CCN)on2)cc1. The molecule has 18 heavy (non-hydrogen) atoms. The van der Waals surface area contributed by atoms with Crippen LogP contribution < -0.4 is 5.73 Å². The first-order valence-corrected chi connectivity index (χ1v) is 6.10. The highest BCUT2D eigenvalue weighted by Gasteiger charge is 2.08. The minimum atomic E-state index is 0.648. The summed E-state index contributed by atoms with van der Waals surface area (Å²) in [6.07, 6.45) is 0. The summed E-state index contributed by atoms with van der Waals surface area (Å²) in [5.74, 6) is 0.863. The van der Waals surface area contributed by atoms with E-state index in [1.54, 1.807) is 0 Å². The molecule has 2 aromatic rings. The minimum absolute atomic E-state index is 0.648. The zero-order chi connectivity index (χ0) is 13.0. The highest BCUT2D eigenvalue weighted by molar-refractivity contribution is 5.59. The molecule has 96 valence electrons. The fourth-order valence-corrected chi connectivity index (χ4v) is 1.81. The van der Waals surface area contributed by atoms with Crippen molar-refractivity contribution in [3.63, 3.8) is 0 Å². The predicted octanol–water partition coefficient (Wildman–Crippen LogP) is 2.04. The molecule has 1 aromatic carbocycles. The summed E-state index contributed by atoms with van der Waals surface area (Å²) in [6.45, 7) is 4.30. The molecule has 1 heterocycles. The molecule has 2 rings (SSSR count). The molecule has 0 atom stereocenters. The second kappa shape index (κ2) is 5.80. The van der Waals surface area contributed by atoms with Crippen LogP contribution in [0.4, 0.5) is 0 Å². The highest BCUT2D eigenvalue weighted by atomic mass is 16.5. The van der Waals surface area contributed by atoms with E-state index < -0.39 is 0 Å². The maximum atomic E-state index is 5.51. The molecular weight excluding hydrogens is 226 g/mol. The van der Waals surface area contributed by atoms with Gasteiger partial charge in [-0.05, 0) is 14.0 Å². The lowest BCUT2D eigenvalue weighted by molar-refractivity contribution is 0.278. The van der Waals surface area contributed by atoms with Gasteiger partial charge in [0.25, 0.3) is 0 Å². The molecule has 0 unspecified atom stereocenters. The predicted molar refractivity (Wildman–Crippen MR) is 72.1 cm³/mol. The van der Waals surface area contributed by atoms with Crippen LogP contribution >= 0.6 is 0 Å². The van der Waals surface area contributed by atoms with Gasteiger partial charge in [-0.15, -0.1) is 0 Å². The Kier molecular flexibility index (Phi) is 4.12. The van der Waals surface area contributed by atoms with Gasteiger partial charge in [0.05, 0.1) is 6.54 Å². The molecule has 1 aromatic heterocycles. The van der Waals surface area contributed by atoms with Gasteiger partial charge in [-0.3, -0.25) is 4.90 Å². The summed E-state index contributed by atoms with van der Waals surface area (Å²) in [4.78, 5) is 2.11. The number of aromatic nitrogens is 1. The second-order valence-electron chi connectivity index (χ2n) is 4.57. The van der Waals surface area contributed by atoms with E-state index in [1.807, 2.05) is 13.1 Å². The van der Waals surface area contributed by atoms with Gasteiger partial charge in [0.1, 0.15) is 5.69 Å². The van der Waals surface area contributed by atoms with Crippen LogP contribution in [0.3, 0.4) is 0 Å². The summed E-state index contributed by atoms with van der Waals surface area (Å²) in [5.41, 5.74) is 8.71. The van der Waals surface area contributed by atoms with Crippen LogP contribution in [0, 0.1) is 6.92 Å². The second-order valence-corrected chi connectivity index (χ2v) is 4.57. The van der Waals surface area contributed by atoms with Crippen LogP contribution in [-0.4, -0.2) is 30.2 Å². The van der Waals surface area contributed by atoms with Crippen molar-refractivity contribution in [1.29, 1.82) is 0 Å². The fraction of sp³-hybridized carbons (Fsp3) is 0.357. The van der Waals surface area contributed by atoms with Gasteiger partial charge in [0.15, 0.2) is 5.76 Å². The lowest BCUT2D eigenvalue weighted by atomic mass is 10.1. The van der Waals surface area contributed by atoms with Crippen LogP contribution in [0.2, 0.25) is 0 Å². The third kappa shape index (κ3) is 3.18. The Hall–Kier alpha value is -1.65. The van der Waals surface area contributed by atoms with Crippen LogP contribution in [0.15, 0.2) is 34.9 Å². The van der Waals surface area contributed by atoms with Gasteiger partial charge in [-0.1, -0.05) is 35.0 Å². The van der Waals surface area contributed by atoms with Crippen molar-refractivity contribution in [3.8, 4) is 11.3 Å². The lowest BCUT2D eigenvalue weighted by Gasteiger charge is -2.11. The quantitative estimate of drug-likeness (QED) is 0.875. The van der Waals surface area contributed by atoms with E-state index in [0.717, 1.165) is 30.1 Å². The van der Waals surface area contributed by atoms with Crippen LogP contribution in [0.25, 0.3) is 11.3 Å². The first-order valence-electron chi connectivity index (χ1n) is 6.10. The molecule has 0 bridgehead atoms. The van der Waals surface area contributed by atoms with Gasteiger partial charge >= 0.3 is 0 Å². The standard InChI is InChI=1S/C14H19N3O/c1-11-3-5-12(6-4-11)14-9-13(18-16-14)10-17(2)8-7-15/h3-6,9H,7-8,10,15H2,1-2H3. The number of hydrogen-bond donors (Lipinski definition) is 1. The van der Waals surface area contributed by atoms with Crippen LogP contribution in [0.1, 0.15) is 11.3 Å². The van der Waals surface area contributed by atoms with E-state index in [2.05, 4.69) is 41.2 Å². The Bertz CT molecular complexity index is 490. The molecule has 0 radical (unpaired) electrons. The van der Waals surface area contributed by atoms with Crippen LogP contribution in [-0.2, 0) is 6.54 Å². The molecule has 0 aliphatic rings. The average molecular weight is 245 g/mol. The molecule has 0 saturated heterocycles. The molecule has 2 N–H and O–H groups in total. The number of nitrogens with zero attached hydrogens (tertiary/aromatic N) is 2. The first-order chi connectivity index (χ1) is 8.69. The van der Waals surface area contributed by atoms with Gasteiger partial charge < -0.3 is 10.3 Å². The number of rotatable bonds is 5. The third-order valence-electron chi connectivity index (χ3n) is 2.84. The zero-order valence-corrected chi connectivity index (χ0v) is 10.9. The smallest absolute Gasteiger partial charge is 0.151 e. The monoisotopic (exact) mass is 245 g/mol.